The van der Waals surface area contributed by atoms with Gasteiger partial charge in [0, 0.05) is 38.5 Å². The molecule has 2 heterocycles. The lowest BCUT2D eigenvalue weighted by Gasteiger charge is -2.30. The lowest BCUT2D eigenvalue weighted by atomic mass is 9.82. The van der Waals surface area contributed by atoms with Gasteiger partial charge in [-0.15, -0.1) is 0 Å². The van der Waals surface area contributed by atoms with Crippen LogP contribution in [-0.2, 0) is 12.0 Å². The lowest BCUT2D eigenvalue weighted by molar-refractivity contribution is 0.134. The van der Waals surface area contributed by atoms with E-state index in [1.165, 1.54) is 22.1 Å². The van der Waals surface area contributed by atoms with Crippen LogP contribution in [0.3, 0.4) is 0 Å². The Morgan fingerprint density at radius 1 is 0.840 bits per heavy atom. The minimum atomic E-state index is -0.486. The van der Waals surface area contributed by atoms with Gasteiger partial charge in [-0.3, -0.25) is 0 Å². The van der Waals surface area contributed by atoms with Crippen molar-refractivity contribution in [3.63, 3.8) is 0 Å². The predicted octanol–water partition coefficient (Wildman–Crippen LogP) is 5.81. The van der Waals surface area contributed by atoms with Gasteiger partial charge >= 0.3 is 0 Å². The van der Waals surface area contributed by atoms with Gasteiger partial charge in [-0.05, 0) is 18.2 Å². The van der Waals surface area contributed by atoms with Crippen molar-refractivity contribution < 1.29 is 4.74 Å². The fraction of sp³-hybridized carbons (Fsp3) is 0.0909. The van der Waals surface area contributed by atoms with Gasteiger partial charge in [-0.2, -0.15) is 0 Å². The molecule has 0 aliphatic carbocycles. The number of halogens is 1. The second kappa shape index (κ2) is 5.50. The van der Waals surface area contributed by atoms with Crippen molar-refractivity contribution in [1.82, 2.24) is 4.98 Å². The molecule has 3 heteroatoms. The second-order valence-corrected chi connectivity index (χ2v) is 7.38. The molecule has 0 fully saturated rings. The molecule has 3 aromatic carbocycles. The number of aromatic amines is 1. The standard InChI is InChI=1S/C22H16BrNO/c23-17-11-12-20-18(13-17)19-14-22(25-21(19)24-20,15-7-3-1-4-8-15)16-9-5-2-6-10-16/h1-13,24H,14H2. The molecular weight excluding hydrogens is 374 g/mol. The molecule has 2 nitrogen and oxygen atoms in total. The fourth-order valence-electron chi connectivity index (χ4n) is 3.82. The normalized spacial score (nSPS) is 15.1. The molecule has 0 spiro atoms. The van der Waals surface area contributed by atoms with Gasteiger partial charge < -0.3 is 9.72 Å². The molecular formula is C22H16BrNO. The lowest BCUT2D eigenvalue weighted by Crippen LogP contribution is -2.33. The topological polar surface area (TPSA) is 25.0 Å². The SMILES string of the molecule is Brc1ccc2[nH]c3c(c2c1)CC(c1ccccc1)(c1ccccc1)O3. The van der Waals surface area contributed by atoms with Crippen LogP contribution >= 0.6 is 15.9 Å². The zero-order valence-corrected chi connectivity index (χ0v) is 15.1. The average Bonchev–Trinajstić information content (AvgIpc) is 3.19. The summed E-state index contributed by atoms with van der Waals surface area (Å²) < 4.78 is 7.70. The van der Waals surface area contributed by atoms with E-state index in [9.17, 15) is 0 Å². The van der Waals surface area contributed by atoms with Crippen molar-refractivity contribution in [2.45, 2.75) is 12.0 Å². The number of benzene rings is 3. The molecule has 1 aromatic heterocycles. The quantitative estimate of drug-likeness (QED) is 0.459. The molecule has 25 heavy (non-hydrogen) atoms. The van der Waals surface area contributed by atoms with Gasteiger partial charge in [0.2, 0.25) is 0 Å². The highest BCUT2D eigenvalue weighted by molar-refractivity contribution is 9.10. The van der Waals surface area contributed by atoms with Crippen LogP contribution in [0.5, 0.6) is 5.88 Å². The van der Waals surface area contributed by atoms with Crippen molar-refractivity contribution in [2.75, 3.05) is 0 Å². The molecule has 4 aromatic rings. The Morgan fingerprint density at radius 3 is 2.12 bits per heavy atom. The van der Waals surface area contributed by atoms with E-state index in [0.717, 1.165) is 22.3 Å². The molecule has 0 saturated carbocycles. The molecule has 0 amide bonds. The van der Waals surface area contributed by atoms with Gasteiger partial charge in [0.15, 0.2) is 11.5 Å². The van der Waals surface area contributed by atoms with Crippen LogP contribution in [0.4, 0.5) is 0 Å². The van der Waals surface area contributed by atoms with Gasteiger partial charge in [0.25, 0.3) is 0 Å². The summed E-state index contributed by atoms with van der Waals surface area (Å²) in [5, 5.41) is 1.22. The first-order valence-corrected chi connectivity index (χ1v) is 9.16. The maximum Gasteiger partial charge on any atom is 0.196 e. The third kappa shape index (κ3) is 2.23. The summed E-state index contributed by atoms with van der Waals surface area (Å²) in [6.45, 7) is 0. The van der Waals surface area contributed by atoms with E-state index >= 15 is 0 Å². The number of H-pyrrole nitrogens is 1. The minimum absolute atomic E-state index is 0.486. The highest BCUT2D eigenvalue weighted by Gasteiger charge is 2.44. The number of hydrogen-bond donors (Lipinski definition) is 1. The largest absolute Gasteiger partial charge is 0.462 e. The highest BCUT2D eigenvalue weighted by Crippen LogP contribution is 2.48. The molecule has 5 rings (SSSR count). The third-order valence-electron chi connectivity index (χ3n) is 5.01. The monoisotopic (exact) mass is 389 g/mol. The molecule has 0 saturated heterocycles. The van der Waals surface area contributed by atoms with Crippen molar-refractivity contribution >= 4 is 26.8 Å². The van der Waals surface area contributed by atoms with E-state index in [0.29, 0.717) is 0 Å². The first-order valence-electron chi connectivity index (χ1n) is 8.36. The van der Waals surface area contributed by atoms with E-state index in [4.69, 9.17) is 4.74 Å². The summed E-state index contributed by atoms with van der Waals surface area (Å²) in [5.41, 5.74) is 4.22. The number of rotatable bonds is 2. The second-order valence-electron chi connectivity index (χ2n) is 6.46. The van der Waals surface area contributed by atoms with Crippen LogP contribution in [0, 0.1) is 0 Å². The maximum atomic E-state index is 6.62. The smallest absolute Gasteiger partial charge is 0.196 e. The molecule has 1 aliphatic heterocycles. The Kier molecular flexibility index (Phi) is 3.25. The number of hydrogen-bond acceptors (Lipinski definition) is 1. The first kappa shape index (κ1) is 14.8. The Bertz CT molecular complexity index is 1010. The van der Waals surface area contributed by atoms with Gasteiger partial charge in [0.1, 0.15) is 0 Å². The van der Waals surface area contributed by atoms with E-state index in [1.807, 2.05) is 12.1 Å². The van der Waals surface area contributed by atoms with E-state index < -0.39 is 5.60 Å². The van der Waals surface area contributed by atoms with Gasteiger partial charge in [0.05, 0.1) is 0 Å². The third-order valence-corrected chi connectivity index (χ3v) is 5.50. The van der Waals surface area contributed by atoms with Crippen LogP contribution in [0.2, 0.25) is 0 Å². The van der Waals surface area contributed by atoms with Crippen LogP contribution < -0.4 is 4.74 Å². The average molecular weight is 390 g/mol. The Hall–Kier alpha value is -2.52. The molecule has 0 atom stereocenters. The Labute approximate surface area is 154 Å². The highest BCUT2D eigenvalue weighted by atomic mass is 79.9. The molecule has 0 radical (unpaired) electrons. The van der Waals surface area contributed by atoms with Crippen molar-refractivity contribution in [1.29, 1.82) is 0 Å². The summed E-state index contributed by atoms with van der Waals surface area (Å²) >= 11 is 3.59. The first-order chi connectivity index (χ1) is 12.3. The molecule has 1 N–H and O–H groups in total. The van der Waals surface area contributed by atoms with E-state index in [-0.39, 0.29) is 0 Å². The molecule has 122 valence electrons. The number of ether oxygens (including phenoxy) is 1. The van der Waals surface area contributed by atoms with Gasteiger partial charge in [-0.25, -0.2) is 0 Å². The van der Waals surface area contributed by atoms with Crippen LogP contribution in [0.1, 0.15) is 16.7 Å². The zero-order chi connectivity index (χ0) is 16.9. The van der Waals surface area contributed by atoms with Crippen LogP contribution in [-0.4, -0.2) is 4.98 Å². The van der Waals surface area contributed by atoms with Crippen molar-refractivity contribution in [3.8, 4) is 5.88 Å². The number of nitrogens with one attached hydrogen (secondary N) is 1. The summed E-state index contributed by atoms with van der Waals surface area (Å²) in [5.74, 6) is 0.876. The predicted molar refractivity (Wildman–Crippen MR) is 104 cm³/mol. The zero-order valence-electron chi connectivity index (χ0n) is 13.5. The summed E-state index contributed by atoms with van der Waals surface area (Å²) in [6, 6.07) is 27.3. The van der Waals surface area contributed by atoms with Gasteiger partial charge in [-0.1, -0.05) is 76.6 Å². The fourth-order valence-corrected chi connectivity index (χ4v) is 4.18. The van der Waals surface area contributed by atoms with E-state index in [2.05, 4.69) is 87.6 Å². The van der Waals surface area contributed by atoms with E-state index in [1.54, 1.807) is 0 Å². The summed E-state index contributed by atoms with van der Waals surface area (Å²) in [7, 11) is 0. The van der Waals surface area contributed by atoms with Crippen LogP contribution in [0.15, 0.2) is 83.3 Å². The molecule has 0 unspecified atom stereocenters. The number of fused-ring (bicyclic) bond motifs is 3. The maximum absolute atomic E-state index is 6.62. The summed E-state index contributed by atoms with van der Waals surface area (Å²) in [4.78, 5) is 3.45. The van der Waals surface area contributed by atoms with Crippen molar-refractivity contribution in [3.05, 3.63) is 100 Å². The Morgan fingerprint density at radius 2 is 1.48 bits per heavy atom. The summed E-state index contributed by atoms with van der Waals surface area (Å²) in [6.07, 6.45) is 0.812. The molecule has 1 aliphatic rings. The van der Waals surface area contributed by atoms with Crippen molar-refractivity contribution in [2.24, 2.45) is 0 Å². The Balaban J connectivity index is 1.72. The minimum Gasteiger partial charge on any atom is -0.462 e. The van der Waals surface area contributed by atoms with Crippen LogP contribution in [0.25, 0.3) is 10.9 Å². The molecule has 0 bridgehead atoms. The number of aromatic nitrogens is 1.